The lowest BCUT2D eigenvalue weighted by molar-refractivity contribution is 0.234. The summed E-state index contributed by atoms with van der Waals surface area (Å²) >= 11 is 4.87. The maximum Gasteiger partial charge on any atom is 0.221 e. The van der Waals surface area contributed by atoms with E-state index in [4.69, 9.17) is 22.7 Å². The minimum absolute atomic E-state index is 0.0161. The van der Waals surface area contributed by atoms with Crippen LogP contribution in [0.25, 0.3) is 0 Å². The van der Waals surface area contributed by atoms with Crippen molar-refractivity contribution in [1.29, 1.82) is 5.26 Å². The van der Waals surface area contributed by atoms with Gasteiger partial charge in [-0.15, -0.1) is 0 Å². The van der Waals surface area contributed by atoms with Crippen LogP contribution in [0.5, 0.6) is 5.75 Å². The van der Waals surface area contributed by atoms with Gasteiger partial charge in [-0.3, -0.25) is 0 Å². The van der Waals surface area contributed by atoms with Gasteiger partial charge in [0.25, 0.3) is 0 Å². The molecule has 1 aromatic rings. The topological polar surface area (TPSA) is 74.3 Å². The summed E-state index contributed by atoms with van der Waals surface area (Å²) in [5, 5.41) is 12.4. The van der Waals surface area contributed by atoms with Crippen molar-refractivity contribution in [2.24, 2.45) is 5.73 Å². The van der Waals surface area contributed by atoms with Gasteiger partial charge in [-0.1, -0.05) is 12.1 Å². The third kappa shape index (κ3) is 3.84. The maximum atomic E-state index is 14.2. The van der Waals surface area contributed by atoms with Crippen molar-refractivity contribution in [3.8, 4) is 11.8 Å². The van der Waals surface area contributed by atoms with E-state index in [1.807, 2.05) is 6.92 Å². The molecule has 0 bridgehead atoms. The van der Waals surface area contributed by atoms with E-state index in [0.717, 1.165) is 0 Å². The Bertz CT molecular complexity index is 713. The highest BCUT2D eigenvalue weighted by molar-refractivity contribution is 7.80. The van der Waals surface area contributed by atoms with Gasteiger partial charge in [-0.05, 0) is 49.8 Å². The first-order valence-electron chi connectivity index (χ1n) is 7.54. The molecule has 0 radical (unpaired) electrons. The van der Waals surface area contributed by atoms with E-state index in [9.17, 15) is 9.65 Å². The highest BCUT2D eigenvalue weighted by Gasteiger charge is 2.34. The predicted molar refractivity (Wildman–Crippen MR) is 94.5 cm³/mol. The Balaban J connectivity index is 2.21. The lowest BCUT2D eigenvalue weighted by Crippen LogP contribution is -2.59. The smallest absolute Gasteiger partial charge is 0.221 e. The Hall–Kier alpha value is -2.59. The van der Waals surface area contributed by atoms with Gasteiger partial charge in [-0.25, -0.2) is 4.39 Å². The van der Waals surface area contributed by atoms with Crippen molar-refractivity contribution in [2.75, 3.05) is 13.2 Å². The molecule has 0 fully saturated rings. The average molecular weight is 346 g/mol. The molecule has 1 atom stereocenters. The number of rotatable bonds is 6. The van der Waals surface area contributed by atoms with Gasteiger partial charge in [0, 0.05) is 18.3 Å². The molecular weight excluding hydrogens is 327 g/mol. The normalized spacial score (nSPS) is 19.0. The zero-order valence-electron chi connectivity index (χ0n) is 13.3. The van der Waals surface area contributed by atoms with E-state index in [2.05, 4.69) is 11.4 Å². The molecule has 1 heterocycles. The van der Waals surface area contributed by atoms with Crippen LogP contribution in [0.2, 0.25) is 0 Å². The van der Waals surface area contributed by atoms with Gasteiger partial charge in [0.2, 0.25) is 5.66 Å². The van der Waals surface area contributed by atoms with Crippen molar-refractivity contribution in [3.05, 3.63) is 54.0 Å². The Labute approximate surface area is 146 Å². The number of thiocarbonyl (C=S) groups is 1. The minimum atomic E-state index is -1.18. The van der Waals surface area contributed by atoms with Gasteiger partial charge >= 0.3 is 0 Å². The van der Waals surface area contributed by atoms with E-state index < -0.39 is 5.66 Å². The number of allylic oxidation sites excluding steroid dienone is 2. The number of benzene rings is 1. The number of nitrogens with one attached hydrogen (secondary N) is 1. The molecule has 0 saturated carbocycles. The lowest BCUT2D eigenvalue weighted by atomic mass is 10.0. The van der Waals surface area contributed by atoms with E-state index in [1.165, 1.54) is 6.07 Å². The maximum absolute atomic E-state index is 14.2. The molecule has 3 N–H and O–H groups in total. The molecular formula is C17H19FN4OS. The second kappa shape index (κ2) is 7.79. The third-order valence-electron chi connectivity index (χ3n) is 3.63. The first kappa shape index (κ1) is 17.8. The van der Waals surface area contributed by atoms with E-state index in [0.29, 0.717) is 30.9 Å². The van der Waals surface area contributed by atoms with Crippen LogP contribution in [0.1, 0.15) is 12.5 Å². The SMILES string of the molecule is CCOc1cccc(F)c1CCN1C=CC=CC1(C#N)NC(N)=S. The summed E-state index contributed by atoms with van der Waals surface area (Å²) < 4.78 is 19.6. The van der Waals surface area contributed by atoms with Crippen LogP contribution in [-0.2, 0) is 6.42 Å². The fraction of sp³-hybridized carbons (Fsp3) is 0.294. The molecule has 1 aromatic carbocycles. The highest BCUT2D eigenvalue weighted by Crippen LogP contribution is 2.25. The number of halogens is 1. The summed E-state index contributed by atoms with van der Waals surface area (Å²) in [6.07, 6.45) is 7.30. The number of nitriles is 1. The monoisotopic (exact) mass is 346 g/mol. The average Bonchev–Trinajstić information content (AvgIpc) is 2.55. The molecule has 5 nitrogen and oxygen atoms in total. The number of ether oxygens (including phenoxy) is 1. The van der Waals surface area contributed by atoms with Gasteiger partial charge in [0.05, 0.1) is 6.61 Å². The molecule has 1 aliphatic rings. The zero-order chi connectivity index (χ0) is 17.6. The molecule has 1 unspecified atom stereocenters. The second-order valence-corrected chi connectivity index (χ2v) is 5.60. The van der Waals surface area contributed by atoms with Crippen LogP contribution in [0, 0.1) is 17.1 Å². The van der Waals surface area contributed by atoms with Crippen LogP contribution in [-0.4, -0.2) is 28.8 Å². The molecule has 0 aromatic heterocycles. The Morgan fingerprint density at radius 3 is 2.96 bits per heavy atom. The highest BCUT2D eigenvalue weighted by atomic mass is 32.1. The number of hydrogen-bond acceptors (Lipinski definition) is 4. The zero-order valence-corrected chi connectivity index (χ0v) is 14.1. The van der Waals surface area contributed by atoms with Gasteiger partial charge in [0.15, 0.2) is 5.11 Å². The fourth-order valence-corrected chi connectivity index (χ4v) is 2.70. The summed E-state index contributed by atoms with van der Waals surface area (Å²) in [6.45, 7) is 2.68. The first-order chi connectivity index (χ1) is 11.5. The Morgan fingerprint density at radius 1 is 1.50 bits per heavy atom. The van der Waals surface area contributed by atoms with Crippen LogP contribution in [0.3, 0.4) is 0 Å². The van der Waals surface area contributed by atoms with Crippen molar-refractivity contribution in [1.82, 2.24) is 10.2 Å². The molecule has 1 aliphatic heterocycles. The molecule has 126 valence electrons. The largest absolute Gasteiger partial charge is 0.493 e. The standard InChI is InChI=1S/C17H19FN4OS/c1-2-23-15-7-5-6-14(18)13(15)8-11-22-10-4-3-9-17(22,12-19)21-16(20)24/h3-7,9-10H,2,8,11H2,1H3,(H3,20,21,24). The minimum Gasteiger partial charge on any atom is -0.493 e. The Morgan fingerprint density at radius 2 is 2.29 bits per heavy atom. The van der Waals surface area contributed by atoms with Crippen LogP contribution in [0.4, 0.5) is 4.39 Å². The van der Waals surface area contributed by atoms with Crippen molar-refractivity contribution in [3.63, 3.8) is 0 Å². The fourth-order valence-electron chi connectivity index (χ4n) is 2.55. The van der Waals surface area contributed by atoms with Crippen molar-refractivity contribution in [2.45, 2.75) is 19.0 Å². The van der Waals surface area contributed by atoms with Crippen molar-refractivity contribution < 1.29 is 9.13 Å². The first-order valence-corrected chi connectivity index (χ1v) is 7.95. The summed E-state index contributed by atoms with van der Waals surface area (Å²) in [6, 6.07) is 6.92. The van der Waals surface area contributed by atoms with E-state index in [-0.39, 0.29) is 10.9 Å². The van der Waals surface area contributed by atoms with Gasteiger partial charge in [0.1, 0.15) is 17.6 Å². The second-order valence-electron chi connectivity index (χ2n) is 5.16. The van der Waals surface area contributed by atoms with Gasteiger partial charge < -0.3 is 20.7 Å². The van der Waals surface area contributed by atoms with Gasteiger partial charge in [-0.2, -0.15) is 5.26 Å². The molecule has 0 aliphatic carbocycles. The van der Waals surface area contributed by atoms with Crippen LogP contribution in [0.15, 0.2) is 42.6 Å². The molecule has 0 saturated heterocycles. The molecule has 2 rings (SSSR count). The predicted octanol–water partition coefficient (Wildman–Crippen LogP) is 2.21. The Kier molecular flexibility index (Phi) is 5.77. The number of hydrogen-bond donors (Lipinski definition) is 2. The number of nitrogens with two attached hydrogens (primary N) is 1. The summed E-state index contributed by atoms with van der Waals surface area (Å²) in [4.78, 5) is 1.73. The van der Waals surface area contributed by atoms with E-state index >= 15 is 0 Å². The molecule has 7 heteroatoms. The summed E-state index contributed by atoms with van der Waals surface area (Å²) in [5.41, 5.74) is 4.84. The van der Waals surface area contributed by atoms with E-state index in [1.54, 1.807) is 41.5 Å². The number of nitrogens with zero attached hydrogens (tertiary/aromatic N) is 2. The molecule has 0 spiro atoms. The van der Waals surface area contributed by atoms with Crippen molar-refractivity contribution >= 4 is 17.3 Å². The lowest BCUT2D eigenvalue weighted by Gasteiger charge is -2.38. The van der Waals surface area contributed by atoms with Crippen LogP contribution < -0.4 is 15.8 Å². The summed E-state index contributed by atoms with van der Waals surface area (Å²) in [5.74, 6) is 0.182. The van der Waals surface area contributed by atoms with Crippen LogP contribution >= 0.6 is 12.2 Å². The molecule has 0 amide bonds. The third-order valence-corrected chi connectivity index (χ3v) is 3.73. The summed E-state index contributed by atoms with van der Waals surface area (Å²) in [7, 11) is 0. The molecule has 24 heavy (non-hydrogen) atoms. The quantitative estimate of drug-likeness (QED) is 0.770.